The molecule has 1 fully saturated rings. The molecule has 0 radical (unpaired) electrons. The van der Waals surface area contributed by atoms with Crippen LogP contribution in [0.5, 0.6) is 0 Å². The van der Waals surface area contributed by atoms with Crippen molar-refractivity contribution in [3.63, 3.8) is 0 Å². The largest absolute Gasteiger partial charge is 0.447 e. The van der Waals surface area contributed by atoms with Gasteiger partial charge in [0.2, 0.25) is 0 Å². The Labute approximate surface area is 103 Å². The zero-order valence-electron chi connectivity index (χ0n) is 10.7. The minimum Gasteiger partial charge on any atom is -0.447 e. The zero-order valence-corrected chi connectivity index (χ0v) is 10.7. The fourth-order valence-electron chi connectivity index (χ4n) is 2.37. The molecule has 0 bridgehead atoms. The maximum absolute atomic E-state index is 11.4. The van der Waals surface area contributed by atoms with Crippen LogP contribution < -0.4 is 5.32 Å². The Balaban J connectivity index is 2.21. The predicted octanol–water partition coefficient (Wildman–Crippen LogP) is 2.98. The normalized spacial score (nSPS) is 20.1. The molecular weight excluding hydrogens is 216 g/mol. The average Bonchev–Trinajstić information content (AvgIpc) is 2.29. The van der Waals surface area contributed by atoms with Gasteiger partial charge in [-0.15, -0.1) is 0 Å². The zero-order chi connectivity index (χ0) is 12.7. The van der Waals surface area contributed by atoms with Crippen molar-refractivity contribution in [3.8, 4) is 6.07 Å². The Kier molecular flexibility index (Phi) is 5.82. The highest BCUT2D eigenvalue weighted by molar-refractivity contribution is 5.68. The quantitative estimate of drug-likeness (QED) is 0.819. The van der Waals surface area contributed by atoms with Gasteiger partial charge in [-0.2, -0.15) is 5.26 Å². The number of nitrogens with one attached hydrogen (secondary N) is 1. The SMILES string of the molecule is C[C@H](C#N)NC(=O)O[C@@H](C)CC1CCCCC1. The van der Waals surface area contributed by atoms with E-state index >= 15 is 0 Å². The van der Waals surface area contributed by atoms with Crippen molar-refractivity contribution in [1.82, 2.24) is 5.32 Å². The van der Waals surface area contributed by atoms with E-state index in [0.717, 1.165) is 6.42 Å². The van der Waals surface area contributed by atoms with Gasteiger partial charge in [-0.1, -0.05) is 32.1 Å². The van der Waals surface area contributed by atoms with Gasteiger partial charge in [0.15, 0.2) is 0 Å². The number of carbonyl (C=O) groups excluding carboxylic acids is 1. The van der Waals surface area contributed by atoms with Crippen LogP contribution in [0.1, 0.15) is 52.4 Å². The lowest BCUT2D eigenvalue weighted by Crippen LogP contribution is -2.34. The maximum Gasteiger partial charge on any atom is 0.408 e. The number of hydrogen-bond donors (Lipinski definition) is 1. The molecule has 1 saturated carbocycles. The minimum absolute atomic E-state index is 0.0657. The number of nitriles is 1. The van der Waals surface area contributed by atoms with E-state index in [4.69, 9.17) is 10.00 Å². The van der Waals surface area contributed by atoms with Crippen molar-refractivity contribution < 1.29 is 9.53 Å². The summed E-state index contributed by atoms with van der Waals surface area (Å²) in [5, 5.41) is 11.0. The number of amides is 1. The first-order valence-electron chi connectivity index (χ1n) is 6.48. The summed E-state index contributed by atoms with van der Waals surface area (Å²) in [4.78, 5) is 11.4. The van der Waals surface area contributed by atoms with Crippen LogP contribution in [0.25, 0.3) is 0 Å². The summed E-state index contributed by atoms with van der Waals surface area (Å²) in [6, 6.07) is 1.44. The summed E-state index contributed by atoms with van der Waals surface area (Å²) in [5.74, 6) is 0.694. The second kappa shape index (κ2) is 7.16. The van der Waals surface area contributed by atoms with Crippen molar-refractivity contribution in [1.29, 1.82) is 5.26 Å². The lowest BCUT2D eigenvalue weighted by molar-refractivity contribution is 0.0866. The molecule has 4 nitrogen and oxygen atoms in total. The summed E-state index contributed by atoms with van der Waals surface area (Å²) >= 11 is 0. The molecule has 0 aromatic heterocycles. The first kappa shape index (κ1) is 13.8. The number of hydrogen-bond acceptors (Lipinski definition) is 3. The fraction of sp³-hybridized carbons (Fsp3) is 0.846. The van der Waals surface area contributed by atoms with Gasteiger partial charge in [0.1, 0.15) is 12.1 Å². The smallest absolute Gasteiger partial charge is 0.408 e. The second-order valence-corrected chi connectivity index (χ2v) is 4.95. The van der Waals surface area contributed by atoms with Gasteiger partial charge >= 0.3 is 6.09 Å². The molecule has 1 amide bonds. The van der Waals surface area contributed by atoms with E-state index in [9.17, 15) is 4.79 Å². The van der Waals surface area contributed by atoms with E-state index in [-0.39, 0.29) is 6.10 Å². The molecule has 0 heterocycles. The van der Waals surface area contributed by atoms with Gasteiger partial charge < -0.3 is 10.1 Å². The molecule has 0 aromatic carbocycles. The van der Waals surface area contributed by atoms with Crippen LogP contribution >= 0.6 is 0 Å². The summed E-state index contributed by atoms with van der Waals surface area (Å²) < 4.78 is 5.22. The molecule has 1 N–H and O–H groups in total. The number of carbonyl (C=O) groups is 1. The third-order valence-corrected chi connectivity index (χ3v) is 3.23. The predicted molar refractivity (Wildman–Crippen MR) is 65.3 cm³/mol. The Morgan fingerprint density at radius 2 is 2.06 bits per heavy atom. The van der Waals surface area contributed by atoms with E-state index in [1.54, 1.807) is 6.92 Å². The Bertz CT molecular complexity index is 280. The van der Waals surface area contributed by atoms with Gasteiger partial charge in [0, 0.05) is 0 Å². The summed E-state index contributed by atoms with van der Waals surface area (Å²) in [7, 11) is 0. The highest BCUT2D eigenvalue weighted by Gasteiger charge is 2.19. The topological polar surface area (TPSA) is 62.1 Å². The first-order chi connectivity index (χ1) is 8.11. The molecule has 1 aliphatic rings. The molecular formula is C13H22N2O2. The summed E-state index contributed by atoms with van der Waals surface area (Å²) in [5.41, 5.74) is 0. The van der Waals surface area contributed by atoms with Gasteiger partial charge in [-0.05, 0) is 26.2 Å². The molecule has 17 heavy (non-hydrogen) atoms. The third-order valence-electron chi connectivity index (χ3n) is 3.23. The fourth-order valence-corrected chi connectivity index (χ4v) is 2.37. The highest BCUT2D eigenvalue weighted by Crippen LogP contribution is 2.27. The number of rotatable bonds is 4. The standard InChI is InChI=1S/C13H22N2O2/c1-10(9-14)15-13(16)17-11(2)8-12-6-4-3-5-7-12/h10-12H,3-8H2,1-2H3,(H,15,16)/t10-,11+/m1/s1. The molecule has 1 aliphatic carbocycles. The molecule has 4 heteroatoms. The third kappa shape index (κ3) is 5.58. The van der Waals surface area contributed by atoms with Gasteiger partial charge in [-0.3, -0.25) is 0 Å². The second-order valence-electron chi connectivity index (χ2n) is 4.95. The van der Waals surface area contributed by atoms with Crippen molar-refractivity contribution in [3.05, 3.63) is 0 Å². The van der Waals surface area contributed by atoms with E-state index < -0.39 is 12.1 Å². The molecule has 0 aromatic rings. The van der Waals surface area contributed by atoms with E-state index in [1.165, 1.54) is 32.1 Å². The van der Waals surface area contributed by atoms with E-state index in [1.807, 2.05) is 13.0 Å². The van der Waals surface area contributed by atoms with Crippen LogP contribution in [0.15, 0.2) is 0 Å². The van der Waals surface area contributed by atoms with Crippen LogP contribution in [-0.4, -0.2) is 18.2 Å². The van der Waals surface area contributed by atoms with Crippen LogP contribution in [0.3, 0.4) is 0 Å². The summed E-state index contributed by atoms with van der Waals surface area (Å²) in [6.07, 6.45) is 6.84. The van der Waals surface area contributed by atoms with Crippen LogP contribution in [-0.2, 0) is 4.74 Å². The van der Waals surface area contributed by atoms with Crippen LogP contribution in [0.2, 0.25) is 0 Å². The number of nitrogens with zero attached hydrogens (tertiary/aromatic N) is 1. The Hall–Kier alpha value is -1.24. The number of ether oxygens (including phenoxy) is 1. The van der Waals surface area contributed by atoms with Crippen molar-refractivity contribution in [2.45, 2.75) is 64.5 Å². The van der Waals surface area contributed by atoms with Gasteiger partial charge in [0.05, 0.1) is 6.07 Å². The van der Waals surface area contributed by atoms with Crippen LogP contribution in [0, 0.1) is 17.2 Å². The Morgan fingerprint density at radius 3 is 2.65 bits per heavy atom. The molecule has 96 valence electrons. The van der Waals surface area contributed by atoms with Crippen LogP contribution in [0.4, 0.5) is 4.79 Å². The lowest BCUT2D eigenvalue weighted by atomic mass is 9.86. The molecule has 2 atom stereocenters. The van der Waals surface area contributed by atoms with E-state index in [0.29, 0.717) is 5.92 Å². The Morgan fingerprint density at radius 1 is 1.41 bits per heavy atom. The highest BCUT2D eigenvalue weighted by atomic mass is 16.6. The molecule has 0 spiro atoms. The lowest BCUT2D eigenvalue weighted by Gasteiger charge is -2.24. The van der Waals surface area contributed by atoms with Crippen molar-refractivity contribution in [2.75, 3.05) is 0 Å². The van der Waals surface area contributed by atoms with Gasteiger partial charge in [0.25, 0.3) is 0 Å². The molecule has 0 saturated heterocycles. The molecule has 0 aliphatic heterocycles. The van der Waals surface area contributed by atoms with Crippen molar-refractivity contribution in [2.24, 2.45) is 5.92 Å². The number of alkyl carbamates (subject to hydrolysis) is 1. The maximum atomic E-state index is 11.4. The average molecular weight is 238 g/mol. The summed E-state index contributed by atoms with van der Waals surface area (Å²) in [6.45, 7) is 3.55. The van der Waals surface area contributed by atoms with Crippen molar-refractivity contribution >= 4 is 6.09 Å². The molecule has 0 unspecified atom stereocenters. The van der Waals surface area contributed by atoms with E-state index in [2.05, 4.69) is 5.32 Å². The monoisotopic (exact) mass is 238 g/mol. The first-order valence-corrected chi connectivity index (χ1v) is 6.48. The minimum atomic E-state index is -0.496. The van der Waals surface area contributed by atoms with Gasteiger partial charge in [-0.25, -0.2) is 4.79 Å². The molecule has 1 rings (SSSR count).